The second-order valence-corrected chi connectivity index (χ2v) is 5.54. The number of nitro benzene ring substituents is 1. The quantitative estimate of drug-likeness (QED) is 0.673. The van der Waals surface area contributed by atoms with Crippen LogP contribution in [0.5, 0.6) is 0 Å². The number of halogens is 1. The smallest absolute Gasteiger partial charge is 0.270 e. The van der Waals surface area contributed by atoms with Gasteiger partial charge in [-0.25, -0.2) is 0 Å². The van der Waals surface area contributed by atoms with Gasteiger partial charge in [-0.1, -0.05) is 0 Å². The van der Waals surface area contributed by atoms with Gasteiger partial charge in [0, 0.05) is 36.4 Å². The molecule has 0 spiro atoms. The summed E-state index contributed by atoms with van der Waals surface area (Å²) in [7, 11) is 0. The SMILES string of the molecule is O=C(NCC1CCOCC1)c1cc([N+](=O)[O-])ccc1Br. The van der Waals surface area contributed by atoms with E-state index >= 15 is 0 Å². The zero-order chi connectivity index (χ0) is 14.5. The van der Waals surface area contributed by atoms with Crippen LogP contribution in [0, 0.1) is 16.0 Å². The highest BCUT2D eigenvalue weighted by molar-refractivity contribution is 9.10. The molecule has 0 atom stereocenters. The molecule has 1 aliphatic heterocycles. The van der Waals surface area contributed by atoms with E-state index in [1.165, 1.54) is 18.2 Å². The summed E-state index contributed by atoms with van der Waals surface area (Å²) < 4.78 is 5.81. The highest BCUT2D eigenvalue weighted by Gasteiger charge is 2.18. The Bertz CT molecular complexity index is 515. The van der Waals surface area contributed by atoms with Crippen molar-refractivity contribution in [2.24, 2.45) is 5.92 Å². The maximum atomic E-state index is 12.1. The molecule has 0 unspecified atom stereocenters. The topological polar surface area (TPSA) is 81.5 Å². The molecule has 0 saturated carbocycles. The molecule has 0 bridgehead atoms. The van der Waals surface area contributed by atoms with Crippen LogP contribution in [0.15, 0.2) is 22.7 Å². The van der Waals surface area contributed by atoms with E-state index in [1.807, 2.05) is 0 Å². The lowest BCUT2D eigenvalue weighted by molar-refractivity contribution is -0.384. The van der Waals surface area contributed by atoms with Gasteiger partial charge >= 0.3 is 0 Å². The van der Waals surface area contributed by atoms with Gasteiger partial charge in [0.05, 0.1) is 10.5 Å². The Hall–Kier alpha value is -1.47. The summed E-state index contributed by atoms with van der Waals surface area (Å²) in [4.78, 5) is 22.3. The standard InChI is InChI=1S/C13H15BrN2O4/c14-12-2-1-10(16(18)19)7-11(12)13(17)15-8-9-3-5-20-6-4-9/h1-2,7,9H,3-6,8H2,(H,15,17). The monoisotopic (exact) mass is 342 g/mol. The molecule has 0 aliphatic carbocycles. The molecule has 20 heavy (non-hydrogen) atoms. The first-order chi connectivity index (χ1) is 9.58. The summed E-state index contributed by atoms with van der Waals surface area (Å²) in [5.74, 6) is 0.109. The first kappa shape index (κ1) is 14.9. The van der Waals surface area contributed by atoms with Crippen LogP contribution in [0.25, 0.3) is 0 Å². The minimum Gasteiger partial charge on any atom is -0.381 e. The molecule has 1 aromatic rings. The number of ether oxygens (including phenoxy) is 1. The zero-order valence-corrected chi connectivity index (χ0v) is 12.4. The van der Waals surface area contributed by atoms with Gasteiger partial charge in [-0.3, -0.25) is 14.9 Å². The molecular weight excluding hydrogens is 328 g/mol. The fourth-order valence-electron chi connectivity index (χ4n) is 2.08. The van der Waals surface area contributed by atoms with Crippen molar-refractivity contribution in [1.29, 1.82) is 0 Å². The molecule has 1 aliphatic rings. The maximum absolute atomic E-state index is 12.1. The van der Waals surface area contributed by atoms with Gasteiger partial charge in [0.1, 0.15) is 0 Å². The summed E-state index contributed by atoms with van der Waals surface area (Å²) in [6.45, 7) is 2.01. The van der Waals surface area contributed by atoms with Gasteiger partial charge in [0.2, 0.25) is 0 Å². The molecule has 2 rings (SSSR count). The molecule has 7 heteroatoms. The number of rotatable bonds is 4. The van der Waals surface area contributed by atoms with Crippen LogP contribution < -0.4 is 5.32 Å². The van der Waals surface area contributed by atoms with Crippen LogP contribution in [0.4, 0.5) is 5.69 Å². The molecule has 108 valence electrons. The van der Waals surface area contributed by atoms with E-state index in [0.29, 0.717) is 16.9 Å². The lowest BCUT2D eigenvalue weighted by Crippen LogP contribution is -2.32. The van der Waals surface area contributed by atoms with Crippen molar-refractivity contribution in [3.63, 3.8) is 0 Å². The number of carbonyl (C=O) groups is 1. The Morgan fingerprint density at radius 1 is 1.45 bits per heavy atom. The van der Waals surface area contributed by atoms with E-state index in [0.717, 1.165) is 26.1 Å². The molecule has 1 heterocycles. The summed E-state index contributed by atoms with van der Waals surface area (Å²) in [5.41, 5.74) is 0.190. The molecule has 0 aromatic heterocycles. The minimum absolute atomic E-state index is 0.0931. The first-order valence-corrected chi connectivity index (χ1v) is 7.17. The van der Waals surface area contributed by atoms with Gasteiger partial charge < -0.3 is 10.1 Å². The van der Waals surface area contributed by atoms with E-state index in [2.05, 4.69) is 21.2 Å². The zero-order valence-electron chi connectivity index (χ0n) is 10.8. The average molecular weight is 343 g/mol. The van der Waals surface area contributed by atoms with Crippen molar-refractivity contribution < 1.29 is 14.5 Å². The van der Waals surface area contributed by atoms with Crippen molar-refractivity contribution in [1.82, 2.24) is 5.32 Å². The normalized spacial score (nSPS) is 15.8. The van der Waals surface area contributed by atoms with Gasteiger partial charge in [-0.2, -0.15) is 0 Å². The van der Waals surface area contributed by atoms with Gasteiger partial charge in [0.15, 0.2) is 0 Å². The fraction of sp³-hybridized carbons (Fsp3) is 0.462. The Balaban J connectivity index is 2.00. The van der Waals surface area contributed by atoms with Crippen LogP contribution in [-0.2, 0) is 4.74 Å². The highest BCUT2D eigenvalue weighted by Crippen LogP contribution is 2.22. The Labute approximate surface area is 124 Å². The average Bonchev–Trinajstić information content (AvgIpc) is 2.46. The number of hydrogen-bond acceptors (Lipinski definition) is 4. The number of nitrogens with one attached hydrogen (secondary N) is 1. The van der Waals surface area contributed by atoms with E-state index in [4.69, 9.17) is 4.74 Å². The Kier molecular flexibility index (Phi) is 5.08. The lowest BCUT2D eigenvalue weighted by atomic mass is 10.0. The predicted octanol–water partition coefficient (Wildman–Crippen LogP) is 2.51. The summed E-state index contributed by atoms with van der Waals surface area (Å²) in [5, 5.41) is 13.6. The van der Waals surface area contributed by atoms with Crippen LogP contribution in [-0.4, -0.2) is 30.6 Å². The van der Waals surface area contributed by atoms with Crippen LogP contribution >= 0.6 is 15.9 Å². The number of benzene rings is 1. The van der Waals surface area contributed by atoms with E-state index in [1.54, 1.807) is 0 Å². The summed E-state index contributed by atoms with van der Waals surface area (Å²) in [6, 6.07) is 4.16. The molecule has 1 N–H and O–H groups in total. The van der Waals surface area contributed by atoms with E-state index in [9.17, 15) is 14.9 Å². The van der Waals surface area contributed by atoms with Gasteiger partial charge in [-0.05, 0) is 40.8 Å². The second-order valence-electron chi connectivity index (χ2n) is 4.69. The number of nitrogens with zero attached hydrogens (tertiary/aromatic N) is 1. The number of amides is 1. The first-order valence-electron chi connectivity index (χ1n) is 6.38. The number of hydrogen-bond donors (Lipinski definition) is 1. The summed E-state index contributed by atoms with van der Waals surface area (Å²) >= 11 is 3.24. The number of carbonyl (C=O) groups excluding carboxylic acids is 1. The van der Waals surface area contributed by atoms with Crippen molar-refractivity contribution >= 4 is 27.5 Å². The fourth-order valence-corrected chi connectivity index (χ4v) is 2.51. The third-order valence-electron chi connectivity index (χ3n) is 3.30. The lowest BCUT2D eigenvalue weighted by Gasteiger charge is -2.22. The van der Waals surface area contributed by atoms with Gasteiger partial charge in [-0.15, -0.1) is 0 Å². The van der Waals surface area contributed by atoms with Crippen LogP contribution in [0.3, 0.4) is 0 Å². The van der Waals surface area contributed by atoms with Crippen molar-refractivity contribution in [2.75, 3.05) is 19.8 Å². The minimum atomic E-state index is -0.512. The molecule has 6 nitrogen and oxygen atoms in total. The van der Waals surface area contributed by atoms with Gasteiger partial charge in [0.25, 0.3) is 11.6 Å². The van der Waals surface area contributed by atoms with Crippen molar-refractivity contribution in [3.05, 3.63) is 38.3 Å². The molecular formula is C13H15BrN2O4. The third kappa shape index (κ3) is 3.77. The number of nitro groups is 1. The molecule has 0 radical (unpaired) electrons. The number of non-ortho nitro benzene ring substituents is 1. The molecule has 1 fully saturated rings. The van der Waals surface area contributed by atoms with Crippen molar-refractivity contribution in [3.8, 4) is 0 Å². The Morgan fingerprint density at radius 3 is 2.80 bits per heavy atom. The Morgan fingerprint density at radius 2 is 2.15 bits per heavy atom. The molecule has 1 aromatic carbocycles. The van der Waals surface area contributed by atoms with E-state index in [-0.39, 0.29) is 17.2 Å². The molecule has 1 amide bonds. The molecule has 1 saturated heterocycles. The van der Waals surface area contributed by atoms with Crippen LogP contribution in [0.2, 0.25) is 0 Å². The second kappa shape index (κ2) is 6.81. The largest absolute Gasteiger partial charge is 0.381 e. The predicted molar refractivity (Wildman–Crippen MR) is 76.7 cm³/mol. The highest BCUT2D eigenvalue weighted by atomic mass is 79.9. The van der Waals surface area contributed by atoms with E-state index < -0.39 is 4.92 Å². The third-order valence-corrected chi connectivity index (χ3v) is 3.99. The van der Waals surface area contributed by atoms with Crippen molar-refractivity contribution in [2.45, 2.75) is 12.8 Å². The maximum Gasteiger partial charge on any atom is 0.270 e. The van der Waals surface area contributed by atoms with Crippen LogP contribution in [0.1, 0.15) is 23.2 Å². The summed E-state index contributed by atoms with van der Waals surface area (Å²) in [6.07, 6.45) is 1.85.